The zero-order valence-electron chi connectivity index (χ0n) is 14.6. The summed E-state index contributed by atoms with van der Waals surface area (Å²) in [6, 6.07) is 9.01. The summed E-state index contributed by atoms with van der Waals surface area (Å²) in [4.78, 5) is 29.5. The number of nitrogens with one attached hydrogen (secondary N) is 2. The van der Waals surface area contributed by atoms with E-state index < -0.39 is 0 Å². The average molecular weight is 341 g/mol. The van der Waals surface area contributed by atoms with Crippen molar-refractivity contribution >= 4 is 23.6 Å². The molecule has 25 heavy (non-hydrogen) atoms. The van der Waals surface area contributed by atoms with E-state index in [0.29, 0.717) is 17.7 Å². The van der Waals surface area contributed by atoms with Crippen LogP contribution < -0.4 is 20.4 Å². The molecular formula is C17H23N7O. The van der Waals surface area contributed by atoms with Crippen molar-refractivity contribution in [2.75, 3.05) is 42.3 Å². The Morgan fingerprint density at radius 2 is 1.84 bits per heavy atom. The Kier molecular flexibility index (Phi) is 5.27. The predicted molar refractivity (Wildman–Crippen MR) is 97.9 cm³/mol. The van der Waals surface area contributed by atoms with Crippen molar-refractivity contribution in [1.82, 2.24) is 20.3 Å². The lowest BCUT2D eigenvalue weighted by molar-refractivity contribution is 0.251. The van der Waals surface area contributed by atoms with Gasteiger partial charge < -0.3 is 20.4 Å². The Labute approximate surface area is 147 Å². The molecule has 1 saturated heterocycles. The number of urea groups is 1. The van der Waals surface area contributed by atoms with E-state index in [9.17, 15) is 4.79 Å². The molecule has 2 aromatic rings. The van der Waals surface area contributed by atoms with Crippen molar-refractivity contribution in [2.24, 2.45) is 0 Å². The highest BCUT2D eigenvalue weighted by Gasteiger charge is 2.18. The molecule has 8 nitrogen and oxygen atoms in total. The van der Waals surface area contributed by atoms with Crippen LogP contribution in [0.25, 0.3) is 0 Å². The van der Waals surface area contributed by atoms with Gasteiger partial charge in [0.15, 0.2) is 5.82 Å². The number of anilines is 3. The molecule has 0 atom stereocenters. The van der Waals surface area contributed by atoms with Crippen molar-refractivity contribution in [3.05, 3.63) is 36.2 Å². The van der Waals surface area contributed by atoms with E-state index in [2.05, 4.69) is 30.5 Å². The number of para-hydroxylation sites is 1. The van der Waals surface area contributed by atoms with Gasteiger partial charge in [-0.1, -0.05) is 18.2 Å². The highest BCUT2D eigenvalue weighted by atomic mass is 16.2. The van der Waals surface area contributed by atoms with Gasteiger partial charge in [0.1, 0.15) is 0 Å². The molecule has 2 N–H and O–H groups in total. The lowest BCUT2D eigenvalue weighted by Gasteiger charge is -2.19. The van der Waals surface area contributed by atoms with Gasteiger partial charge in [-0.2, -0.15) is 15.0 Å². The number of aromatic nitrogens is 3. The van der Waals surface area contributed by atoms with Gasteiger partial charge in [0.2, 0.25) is 11.9 Å². The molecule has 0 unspecified atom stereocenters. The molecule has 1 fully saturated rings. The molecule has 1 aromatic carbocycles. The lowest BCUT2D eigenvalue weighted by Crippen LogP contribution is -2.30. The fourth-order valence-electron chi connectivity index (χ4n) is 2.59. The molecule has 0 saturated carbocycles. The summed E-state index contributed by atoms with van der Waals surface area (Å²) < 4.78 is 0. The smallest absolute Gasteiger partial charge is 0.319 e. The highest BCUT2D eigenvalue weighted by molar-refractivity contribution is 5.89. The summed E-state index contributed by atoms with van der Waals surface area (Å²) >= 11 is 0. The van der Waals surface area contributed by atoms with Gasteiger partial charge in [-0.15, -0.1) is 0 Å². The summed E-state index contributed by atoms with van der Waals surface area (Å²) in [7, 11) is 3.78. The first-order chi connectivity index (χ1) is 12.1. The zero-order chi connectivity index (χ0) is 17.6. The fourth-order valence-corrected chi connectivity index (χ4v) is 2.59. The number of hydrogen-bond donors (Lipinski definition) is 2. The molecule has 1 aliphatic rings. The van der Waals surface area contributed by atoms with E-state index in [1.165, 1.54) is 0 Å². The first-order valence-corrected chi connectivity index (χ1v) is 8.39. The van der Waals surface area contributed by atoms with Crippen LogP contribution in [0.3, 0.4) is 0 Å². The molecule has 0 aliphatic carbocycles. The maximum atomic E-state index is 12.0. The highest BCUT2D eigenvalue weighted by Crippen LogP contribution is 2.18. The molecule has 0 spiro atoms. The van der Waals surface area contributed by atoms with Crippen LogP contribution in [-0.4, -0.2) is 48.2 Å². The van der Waals surface area contributed by atoms with Gasteiger partial charge in [-0.3, -0.25) is 0 Å². The Morgan fingerprint density at radius 3 is 2.52 bits per heavy atom. The molecule has 132 valence electrons. The van der Waals surface area contributed by atoms with Crippen LogP contribution in [0.1, 0.15) is 18.7 Å². The number of carbonyl (C=O) groups is 1. The maximum absolute atomic E-state index is 12.0. The Balaban J connectivity index is 1.67. The van der Waals surface area contributed by atoms with Crippen LogP contribution in [0.15, 0.2) is 30.3 Å². The standard InChI is InChI=1S/C17H23N7O/c1-23(2)15-20-14(21-16(22-15)24-10-6-7-11-24)12-18-17(25)19-13-8-4-3-5-9-13/h3-5,8-9H,6-7,10-12H2,1-2H3,(H2,18,19,25). The van der Waals surface area contributed by atoms with Crippen LogP contribution in [0.2, 0.25) is 0 Å². The number of amides is 2. The molecule has 8 heteroatoms. The van der Waals surface area contributed by atoms with Crippen molar-refractivity contribution < 1.29 is 4.79 Å². The second-order valence-corrected chi connectivity index (χ2v) is 6.11. The monoisotopic (exact) mass is 341 g/mol. The number of benzene rings is 1. The topological polar surface area (TPSA) is 86.3 Å². The van der Waals surface area contributed by atoms with Gasteiger partial charge in [-0.25, -0.2) is 4.79 Å². The quantitative estimate of drug-likeness (QED) is 0.863. The molecule has 1 aliphatic heterocycles. The molecule has 0 radical (unpaired) electrons. The van der Waals surface area contributed by atoms with Crippen molar-refractivity contribution in [3.8, 4) is 0 Å². The second-order valence-electron chi connectivity index (χ2n) is 6.11. The Morgan fingerprint density at radius 1 is 1.12 bits per heavy atom. The fraction of sp³-hybridized carbons (Fsp3) is 0.412. The van der Waals surface area contributed by atoms with E-state index in [1.54, 1.807) is 0 Å². The number of carbonyl (C=O) groups excluding carboxylic acids is 1. The van der Waals surface area contributed by atoms with Crippen molar-refractivity contribution in [3.63, 3.8) is 0 Å². The van der Waals surface area contributed by atoms with Gasteiger partial charge in [0.05, 0.1) is 6.54 Å². The third kappa shape index (κ3) is 4.56. The molecular weight excluding hydrogens is 318 g/mol. The summed E-state index contributed by atoms with van der Waals surface area (Å²) in [5, 5.41) is 5.57. The van der Waals surface area contributed by atoms with E-state index in [-0.39, 0.29) is 12.6 Å². The van der Waals surface area contributed by atoms with Gasteiger partial charge in [-0.05, 0) is 25.0 Å². The Bertz CT molecular complexity index is 714. The van der Waals surface area contributed by atoms with Crippen molar-refractivity contribution in [2.45, 2.75) is 19.4 Å². The summed E-state index contributed by atoms with van der Waals surface area (Å²) in [5.41, 5.74) is 0.738. The third-order valence-electron chi connectivity index (χ3n) is 3.89. The predicted octanol–water partition coefficient (Wildman–Crippen LogP) is 1.86. The van der Waals surface area contributed by atoms with Crippen LogP contribution in [0, 0.1) is 0 Å². The lowest BCUT2D eigenvalue weighted by atomic mass is 10.3. The summed E-state index contributed by atoms with van der Waals surface area (Å²) in [5.74, 6) is 1.82. The number of nitrogens with zero attached hydrogens (tertiary/aromatic N) is 5. The van der Waals surface area contributed by atoms with E-state index in [4.69, 9.17) is 0 Å². The second kappa shape index (κ2) is 7.78. The van der Waals surface area contributed by atoms with Crippen LogP contribution in [-0.2, 0) is 6.54 Å². The maximum Gasteiger partial charge on any atom is 0.319 e. The van der Waals surface area contributed by atoms with E-state index in [0.717, 1.165) is 31.6 Å². The Hall–Kier alpha value is -2.90. The van der Waals surface area contributed by atoms with Crippen LogP contribution in [0.5, 0.6) is 0 Å². The molecule has 3 rings (SSSR count). The molecule has 1 aromatic heterocycles. The minimum atomic E-state index is -0.291. The normalized spacial score (nSPS) is 13.6. The SMILES string of the molecule is CN(C)c1nc(CNC(=O)Nc2ccccc2)nc(N2CCCC2)n1. The van der Waals surface area contributed by atoms with E-state index in [1.807, 2.05) is 49.3 Å². The van der Waals surface area contributed by atoms with Crippen LogP contribution >= 0.6 is 0 Å². The van der Waals surface area contributed by atoms with E-state index >= 15 is 0 Å². The largest absolute Gasteiger partial charge is 0.347 e. The van der Waals surface area contributed by atoms with Gasteiger partial charge in [0, 0.05) is 32.9 Å². The summed E-state index contributed by atoms with van der Waals surface area (Å²) in [6.45, 7) is 2.15. The molecule has 2 heterocycles. The molecule has 2 amide bonds. The minimum Gasteiger partial charge on any atom is -0.347 e. The van der Waals surface area contributed by atoms with Gasteiger partial charge in [0.25, 0.3) is 0 Å². The van der Waals surface area contributed by atoms with Gasteiger partial charge >= 0.3 is 6.03 Å². The number of hydrogen-bond acceptors (Lipinski definition) is 6. The zero-order valence-corrected chi connectivity index (χ0v) is 14.6. The first kappa shape index (κ1) is 16.9. The summed E-state index contributed by atoms with van der Waals surface area (Å²) in [6.07, 6.45) is 2.30. The van der Waals surface area contributed by atoms with Crippen molar-refractivity contribution in [1.29, 1.82) is 0 Å². The minimum absolute atomic E-state index is 0.239. The number of rotatable bonds is 5. The third-order valence-corrected chi connectivity index (χ3v) is 3.89. The average Bonchev–Trinajstić information content (AvgIpc) is 3.15. The van der Waals surface area contributed by atoms with Crippen LogP contribution in [0.4, 0.5) is 22.4 Å². The first-order valence-electron chi connectivity index (χ1n) is 8.39. The molecule has 0 bridgehead atoms.